The minimum absolute atomic E-state index is 0.147. The molecule has 0 aromatic rings. The van der Waals surface area contributed by atoms with E-state index in [9.17, 15) is 9.59 Å². The number of urea groups is 2. The van der Waals surface area contributed by atoms with E-state index >= 15 is 0 Å². The van der Waals surface area contributed by atoms with Gasteiger partial charge in [0.2, 0.25) is 0 Å². The number of imide groups is 1. The number of rotatable bonds is 2. The van der Waals surface area contributed by atoms with Gasteiger partial charge in [0.25, 0.3) is 0 Å². The van der Waals surface area contributed by atoms with Crippen molar-refractivity contribution in [3.05, 3.63) is 0 Å². The van der Waals surface area contributed by atoms with Gasteiger partial charge in [-0.3, -0.25) is 0 Å². The van der Waals surface area contributed by atoms with Gasteiger partial charge in [-0.2, -0.15) is 0 Å². The molecule has 1 saturated heterocycles. The molecule has 80 valence electrons. The van der Waals surface area contributed by atoms with E-state index in [1.54, 1.807) is 27.8 Å². The predicted molar refractivity (Wildman–Crippen MR) is 51.3 cm³/mol. The standard InChI is InChI=1S/C8H16N4O2/c1-5(2)11-7(13)10-6(3)12(9-4)8(11)14/h5-6,9H,1-4H3,(H,10,13). The Morgan fingerprint density at radius 2 is 2.00 bits per heavy atom. The van der Waals surface area contributed by atoms with E-state index < -0.39 is 0 Å². The number of hydrogen-bond acceptors (Lipinski definition) is 3. The van der Waals surface area contributed by atoms with Gasteiger partial charge < -0.3 is 5.32 Å². The molecule has 14 heavy (non-hydrogen) atoms. The molecule has 0 aliphatic carbocycles. The van der Waals surface area contributed by atoms with Crippen molar-refractivity contribution in [2.45, 2.75) is 33.0 Å². The third-order valence-corrected chi connectivity index (χ3v) is 2.11. The van der Waals surface area contributed by atoms with Crippen molar-refractivity contribution in [2.75, 3.05) is 7.05 Å². The van der Waals surface area contributed by atoms with Crippen LogP contribution in [0.4, 0.5) is 9.59 Å². The minimum atomic E-state index is -0.344. The zero-order chi connectivity index (χ0) is 10.9. The van der Waals surface area contributed by atoms with E-state index in [0.717, 1.165) is 0 Å². The molecule has 0 spiro atoms. The second kappa shape index (κ2) is 3.83. The smallest absolute Gasteiger partial charge is 0.316 e. The van der Waals surface area contributed by atoms with Crippen LogP contribution in [0.3, 0.4) is 0 Å². The van der Waals surface area contributed by atoms with E-state index in [1.165, 1.54) is 9.91 Å². The van der Waals surface area contributed by atoms with Crippen molar-refractivity contribution >= 4 is 12.1 Å². The first kappa shape index (κ1) is 10.8. The number of carbonyl (C=O) groups excluding carboxylic acids is 2. The number of nitrogens with zero attached hydrogens (tertiary/aromatic N) is 2. The highest BCUT2D eigenvalue weighted by atomic mass is 16.2. The van der Waals surface area contributed by atoms with Crippen LogP contribution < -0.4 is 10.7 Å². The molecule has 1 rings (SSSR count). The summed E-state index contributed by atoms with van der Waals surface area (Å²) in [4.78, 5) is 24.4. The van der Waals surface area contributed by atoms with Crippen molar-refractivity contribution in [3.8, 4) is 0 Å². The first-order valence-corrected chi connectivity index (χ1v) is 4.59. The Bertz CT molecular complexity index is 254. The van der Waals surface area contributed by atoms with Gasteiger partial charge in [-0.05, 0) is 20.8 Å². The highest BCUT2D eigenvalue weighted by molar-refractivity contribution is 5.96. The fourth-order valence-corrected chi connectivity index (χ4v) is 1.43. The van der Waals surface area contributed by atoms with Crippen molar-refractivity contribution < 1.29 is 9.59 Å². The monoisotopic (exact) mass is 200 g/mol. The topological polar surface area (TPSA) is 64.7 Å². The van der Waals surface area contributed by atoms with Crippen molar-refractivity contribution in [3.63, 3.8) is 0 Å². The predicted octanol–water partition coefficient (Wildman–Crippen LogP) is 0.322. The fourth-order valence-electron chi connectivity index (χ4n) is 1.43. The average Bonchev–Trinajstić information content (AvgIpc) is 2.02. The molecule has 1 atom stereocenters. The second-order valence-corrected chi connectivity index (χ2v) is 3.47. The lowest BCUT2D eigenvalue weighted by molar-refractivity contribution is 0.0780. The highest BCUT2D eigenvalue weighted by Gasteiger charge is 2.37. The molecule has 6 nitrogen and oxygen atoms in total. The summed E-state index contributed by atoms with van der Waals surface area (Å²) in [7, 11) is 1.64. The molecular weight excluding hydrogens is 184 g/mol. The molecule has 1 aliphatic heterocycles. The van der Waals surface area contributed by atoms with Crippen molar-refractivity contribution in [1.29, 1.82) is 0 Å². The van der Waals surface area contributed by atoms with Gasteiger partial charge in [0.1, 0.15) is 6.17 Å². The summed E-state index contributed by atoms with van der Waals surface area (Å²) in [5.41, 5.74) is 2.74. The van der Waals surface area contributed by atoms with Gasteiger partial charge in [0.05, 0.1) is 0 Å². The Morgan fingerprint density at radius 3 is 2.43 bits per heavy atom. The highest BCUT2D eigenvalue weighted by Crippen LogP contribution is 2.10. The van der Waals surface area contributed by atoms with Crippen LogP contribution in [0.15, 0.2) is 0 Å². The van der Waals surface area contributed by atoms with E-state index in [4.69, 9.17) is 0 Å². The maximum Gasteiger partial charge on any atom is 0.344 e. The number of hydrogen-bond donors (Lipinski definition) is 2. The van der Waals surface area contributed by atoms with Gasteiger partial charge >= 0.3 is 12.1 Å². The molecule has 1 unspecified atom stereocenters. The normalized spacial score (nSPS) is 23.1. The maximum atomic E-state index is 11.7. The van der Waals surface area contributed by atoms with Crippen molar-refractivity contribution in [2.24, 2.45) is 0 Å². The Morgan fingerprint density at radius 1 is 1.43 bits per heavy atom. The lowest BCUT2D eigenvalue weighted by atomic mass is 10.3. The molecule has 0 saturated carbocycles. The van der Waals surface area contributed by atoms with Gasteiger partial charge in [-0.1, -0.05) is 0 Å². The van der Waals surface area contributed by atoms with Crippen LogP contribution >= 0.6 is 0 Å². The van der Waals surface area contributed by atoms with Crippen LogP contribution in [-0.2, 0) is 0 Å². The van der Waals surface area contributed by atoms with Crippen LogP contribution in [0.2, 0.25) is 0 Å². The third-order valence-electron chi connectivity index (χ3n) is 2.11. The Hall–Kier alpha value is -1.30. The molecule has 1 heterocycles. The van der Waals surface area contributed by atoms with Gasteiger partial charge in [0.15, 0.2) is 0 Å². The number of amides is 4. The third kappa shape index (κ3) is 1.65. The largest absolute Gasteiger partial charge is 0.344 e. The zero-order valence-electron chi connectivity index (χ0n) is 8.87. The van der Waals surface area contributed by atoms with E-state index in [1.807, 2.05) is 0 Å². The Balaban J connectivity index is 2.88. The molecule has 1 fully saturated rings. The molecule has 2 N–H and O–H groups in total. The summed E-state index contributed by atoms with van der Waals surface area (Å²) >= 11 is 0. The summed E-state index contributed by atoms with van der Waals surface area (Å²) in [6.45, 7) is 5.33. The summed E-state index contributed by atoms with van der Waals surface area (Å²) in [6.07, 6.45) is -0.324. The average molecular weight is 200 g/mol. The molecule has 0 bridgehead atoms. The lowest BCUT2D eigenvalue weighted by Crippen LogP contribution is -2.68. The minimum Gasteiger partial charge on any atom is -0.316 e. The summed E-state index contributed by atoms with van der Waals surface area (Å²) in [5, 5.41) is 4.05. The molecule has 0 radical (unpaired) electrons. The van der Waals surface area contributed by atoms with Gasteiger partial charge in [-0.25, -0.2) is 24.9 Å². The number of nitrogens with one attached hydrogen (secondary N) is 2. The van der Waals surface area contributed by atoms with Crippen LogP contribution in [0.1, 0.15) is 20.8 Å². The molecule has 4 amide bonds. The Labute approximate surface area is 83.2 Å². The van der Waals surface area contributed by atoms with E-state index in [-0.39, 0.29) is 24.3 Å². The Kier molecular flexibility index (Phi) is 2.95. The lowest BCUT2D eigenvalue weighted by Gasteiger charge is -2.40. The SMILES string of the molecule is CNN1C(=O)N(C(C)C)C(=O)NC1C. The molecular formula is C8H16N4O2. The van der Waals surface area contributed by atoms with Crippen molar-refractivity contribution in [1.82, 2.24) is 20.7 Å². The first-order valence-electron chi connectivity index (χ1n) is 4.59. The van der Waals surface area contributed by atoms with Crippen LogP contribution in [0, 0.1) is 0 Å². The summed E-state index contributed by atoms with van der Waals surface area (Å²) in [6, 6.07) is -0.811. The quantitative estimate of drug-likeness (QED) is 0.674. The fraction of sp³-hybridized carbons (Fsp3) is 0.750. The summed E-state index contributed by atoms with van der Waals surface area (Å²) < 4.78 is 0. The number of carbonyl (C=O) groups is 2. The van der Waals surface area contributed by atoms with Crippen LogP contribution in [0.25, 0.3) is 0 Å². The number of hydrazine groups is 1. The van der Waals surface area contributed by atoms with E-state index in [0.29, 0.717) is 0 Å². The molecule has 0 aromatic carbocycles. The maximum absolute atomic E-state index is 11.7. The van der Waals surface area contributed by atoms with E-state index in [2.05, 4.69) is 10.7 Å². The van der Waals surface area contributed by atoms with Crippen LogP contribution in [0.5, 0.6) is 0 Å². The molecule has 1 aliphatic rings. The first-order chi connectivity index (χ1) is 6.49. The zero-order valence-corrected chi connectivity index (χ0v) is 8.87. The van der Waals surface area contributed by atoms with Gasteiger partial charge in [0, 0.05) is 13.1 Å². The molecule has 0 aromatic heterocycles. The summed E-state index contributed by atoms with van der Waals surface area (Å²) in [5.74, 6) is 0. The van der Waals surface area contributed by atoms with Gasteiger partial charge in [-0.15, -0.1) is 0 Å². The van der Waals surface area contributed by atoms with Crippen LogP contribution in [-0.4, -0.2) is 41.2 Å². The second-order valence-electron chi connectivity index (χ2n) is 3.47. The molecule has 6 heteroatoms.